The van der Waals surface area contributed by atoms with Crippen molar-refractivity contribution in [2.75, 3.05) is 19.6 Å². The topological polar surface area (TPSA) is 29.3 Å². The predicted octanol–water partition coefficient (Wildman–Crippen LogP) is 3.57. The number of nitrogens with zero attached hydrogens (tertiary/aromatic N) is 1. The predicted molar refractivity (Wildman–Crippen MR) is 80.5 cm³/mol. The van der Waals surface area contributed by atoms with Crippen LogP contribution in [0.15, 0.2) is 28.7 Å². The zero-order valence-electron chi connectivity index (χ0n) is 11.1. The van der Waals surface area contributed by atoms with Gasteiger partial charge in [0, 0.05) is 10.5 Å². The summed E-state index contributed by atoms with van der Waals surface area (Å²) in [4.78, 5) is 2.59. The first-order valence-corrected chi connectivity index (χ1v) is 7.69. The molecule has 0 radical (unpaired) electrons. The van der Waals surface area contributed by atoms with Gasteiger partial charge in [-0.3, -0.25) is 4.90 Å². The van der Waals surface area contributed by atoms with Crippen molar-refractivity contribution in [3.63, 3.8) is 0 Å². The number of rotatable bonds is 4. The van der Waals surface area contributed by atoms with E-state index in [0.29, 0.717) is 6.04 Å². The van der Waals surface area contributed by atoms with E-state index in [4.69, 9.17) is 5.73 Å². The Morgan fingerprint density at radius 1 is 1.39 bits per heavy atom. The summed E-state index contributed by atoms with van der Waals surface area (Å²) < 4.78 is 1.17. The lowest BCUT2D eigenvalue weighted by atomic mass is 9.92. The van der Waals surface area contributed by atoms with Crippen molar-refractivity contribution in [3.8, 4) is 0 Å². The molecule has 3 heteroatoms. The second-order valence-corrected chi connectivity index (χ2v) is 6.20. The van der Waals surface area contributed by atoms with Crippen LogP contribution in [-0.2, 0) is 0 Å². The molecule has 0 amide bonds. The number of hydrogen-bond acceptors (Lipinski definition) is 2. The molecule has 2 rings (SSSR count). The van der Waals surface area contributed by atoms with E-state index in [1.165, 1.54) is 42.4 Å². The molecule has 0 aromatic heterocycles. The number of piperidine rings is 1. The summed E-state index contributed by atoms with van der Waals surface area (Å²) in [6.45, 7) is 5.56. The molecule has 1 unspecified atom stereocenters. The zero-order valence-corrected chi connectivity index (χ0v) is 12.7. The molecule has 18 heavy (non-hydrogen) atoms. The van der Waals surface area contributed by atoms with Crippen molar-refractivity contribution in [2.24, 2.45) is 11.7 Å². The minimum Gasteiger partial charge on any atom is -0.330 e. The fourth-order valence-electron chi connectivity index (χ4n) is 2.84. The second-order valence-electron chi connectivity index (χ2n) is 5.29. The highest BCUT2D eigenvalue weighted by atomic mass is 79.9. The monoisotopic (exact) mass is 310 g/mol. The molecule has 0 saturated carbocycles. The van der Waals surface area contributed by atoms with Crippen molar-refractivity contribution in [1.82, 2.24) is 4.90 Å². The van der Waals surface area contributed by atoms with Gasteiger partial charge in [0.15, 0.2) is 0 Å². The largest absolute Gasteiger partial charge is 0.330 e. The van der Waals surface area contributed by atoms with Crippen LogP contribution in [0.1, 0.15) is 37.8 Å². The molecule has 0 spiro atoms. The van der Waals surface area contributed by atoms with Crippen LogP contribution in [0.2, 0.25) is 0 Å². The molecule has 100 valence electrons. The van der Waals surface area contributed by atoms with Gasteiger partial charge < -0.3 is 5.73 Å². The third kappa shape index (κ3) is 3.56. The van der Waals surface area contributed by atoms with E-state index in [1.807, 2.05) is 0 Å². The standard InChI is InChI=1S/C15H23BrN2/c1-12(14-3-2-4-15(16)11-14)18-9-6-13(5-8-17)7-10-18/h2-4,11-13H,5-10,17H2,1H3. The Labute approximate surface area is 119 Å². The third-order valence-electron chi connectivity index (χ3n) is 4.10. The molecular weight excluding hydrogens is 288 g/mol. The highest BCUT2D eigenvalue weighted by Gasteiger charge is 2.22. The first-order valence-electron chi connectivity index (χ1n) is 6.90. The van der Waals surface area contributed by atoms with Gasteiger partial charge in [-0.1, -0.05) is 28.1 Å². The minimum atomic E-state index is 0.515. The van der Waals surface area contributed by atoms with Gasteiger partial charge in [0.05, 0.1) is 0 Å². The molecule has 1 aliphatic heterocycles. The van der Waals surface area contributed by atoms with E-state index in [2.05, 4.69) is 52.0 Å². The summed E-state index contributed by atoms with van der Waals surface area (Å²) in [5.41, 5.74) is 7.05. The van der Waals surface area contributed by atoms with Crippen LogP contribution in [0.5, 0.6) is 0 Å². The number of hydrogen-bond donors (Lipinski definition) is 1. The van der Waals surface area contributed by atoms with E-state index < -0.39 is 0 Å². The minimum absolute atomic E-state index is 0.515. The van der Waals surface area contributed by atoms with E-state index >= 15 is 0 Å². The van der Waals surface area contributed by atoms with Crippen LogP contribution >= 0.6 is 15.9 Å². The Hall–Kier alpha value is -0.380. The van der Waals surface area contributed by atoms with Crippen molar-refractivity contribution in [2.45, 2.75) is 32.2 Å². The number of halogens is 1. The van der Waals surface area contributed by atoms with E-state index in [0.717, 1.165) is 12.5 Å². The quantitative estimate of drug-likeness (QED) is 0.921. The molecule has 1 saturated heterocycles. The van der Waals surface area contributed by atoms with E-state index in [-0.39, 0.29) is 0 Å². The molecule has 0 bridgehead atoms. The first-order chi connectivity index (χ1) is 8.70. The molecule has 1 fully saturated rings. The molecule has 1 aromatic carbocycles. The van der Waals surface area contributed by atoms with Gasteiger partial charge in [-0.15, -0.1) is 0 Å². The van der Waals surface area contributed by atoms with Crippen molar-refractivity contribution < 1.29 is 0 Å². The summed E-state index contributed by atoms with van der Waals surface area (Å²) in [5.74, 6) is 0.848. The first kappa shape index (κ1) is 14.0. The van der Waals surface area contributed by atoms with Gasteiger partial charge in [0.25, 0.3) is 0 Å². The third-order valence-corrected chi connectivity index (χ3v) is 4.60. The molecule has 1 aliphatic rings. The maximum absolute atomic E-state index is 5.64. The Kier molecular flexibility index (Phi) is 5.22. The van der Waals surface area contributed by atoms with Crippen LogP contribution in [0, 0.1) is 5.92 Å². The summed E-state index contributed by atoms with van der Waals surface area (Å²) in [6, 6.07) is 9.18. The summed E-state index contributed by atoms with van der Waals surface area (Å²) in [6.07, 6.45) is 3.80. The van der Waals surface area contributed by atoms with Gasteiger partial charge in [0.1, 0.15) is 0 Å². The van der Waals surface area contributed by atoms with Gasteiger partial charge in [0.2, 0.25) is 0 Å². The fraction of sp³-hybridized carbons (Fsp3) is 0.600. The van der Waals surface area contributed by atoms with Crippen molar-refractivity contribution >= 4 is 15.9 Å². The van der Waals surface area contributed by atoms with Gasteiger partial charge >= 0.3 is 0 Å². The van der Waals surface area contributed by atoms with E-state index in [1.54, 1.807) is 0 Å². The SMILES string of the molecule is CC(c1cccc(Br)c1)N1CCC(CCN)CC1. The fourth-order valence-corrected chi connectivity index (χ4v) is 3.26. The average molecular weight is 311 g/mol. The van der Waals surface area contributed by atoms with Gasteiger partial charge in [-0.25, -0.2) is 0 Å². The molecule has 1 aromatic rings. The lowest BCUT2D eigenvalue weighted by Crippen LogP contribution is -2.36. The lowest BCUT2D eigenvalue weighted by Gasteiger charge is -2.36. The lowest BCUT2D eigenvalue weighted by molar-refractivity contribution is 0.138. The number of likely N-dealkylation sites (tertiary alicyclic amines) is 1. The van der Waals surface area contributed by atoms with Crippen LogP contribution in [0.3, 0.4) is 0 Å². The summed E-state index contributed by atoms with van der Waals surface area (Å²) in [7, 11) is 0. The smallest absolute Gasteiger partial charge is 0.0320 e. The highest BCUT2D eigenvalue weighted by Crippen LogP contribution is 2.28. The molecule has 2 nitrogen and oxygen atoms in total. The van der Waals surface area contributed by atoms with Crippen LogP contribution in [0.4, 0.5) is 0 Å². The van der Waals surface area contributed by atoms with Crippen LogP contribution in [-0.4, -0.2) is 24.5 Å². The van der Waals surface area contributed by atoms with Crippen molar-refractivity contribution in [1.29, 1.82) is 0 Å². The molecular formula is C15H23BrN2. The molecule has 1 heterocycles. The number of benzene rings is 1. The van der Waals surface area contributed by atoms with Crippen LogP contribution in [0.25, 0.3) is 0 Å². The van der Waals surface area contributed by atoms with Crippen LogP contribution < -0.4 is 5.73 Å². The van der Waals surface area contributed by atoms with E-state index in [9.17, 15) is 0 Å². The van der Waals surface area contributed by atoms with Crippen molar-refractivity contribution in [3.05, 3.63) is 34.3 Å². The number of nitrogens with two attached hydrogens (primary N) is 1. The zero-order chi connectivity index (χ0) is 13.0. The highest BCUT2D eigenvalue weighted by molar-refractivity contribution is 9.10. The molecule has 2 N–H and O–H groups in total. The second kappa shape index (κ2) is 6.69. The summed E-state index contributed by atoms with van der Waals surface area (Å²) in [5, 5.41) is 0. The maximum Gasteiger partial charge on any atom is 0.0320 e. The molecule has 1 atom stereocenters. The van der Waals surface area contributed by atoms with Gasteiger partial charge in [-0.05, 0) is 69.4 Å². The Morgan fingerprint density at radius 2 is 2.11 bits per heavy atom. The Bertz CT molecular complexity index is 373. The Morgan fingerprint density at radius 3 is 2.72 bits per heavy atom. The maximum atomic E-state index is 5.64. The average Bonchev–Trinajstić information content (AvgIpc) is 2.39. The van der Waals surface area contributed by atoms with Gasteiger partial charge in [-0.2, -0.15) is 0 Å². The summed E-state index contributed by atoms with van der Waals surface area (Å²) >= 11 is 3.55. The molecule has 0 aliphatic carbocycles. The normalized spacial score (nSPS) is 19.9. The Balaban J connectivity index is 1.93.